The van der Waals surface area contributed by atoms with Gasteiger partial charge in [0.15, 0.2) is 5.78 Å². The topological polar surface area (TPSA) is 82.5 Å². The van der Waals surface area contributed by atoms with Gasteiger partial charge < -0.3 is 15.3 Å². The van der Waals surface area contributed by atoms with Gasteiger partial charge in [-0.25, -0.2) is 9.78 Å². The van der Waals surface area contributed by atoms with E-state index < -0.39 is 6.09 Å². The number of nitrogens with one attached hydrogen (secondary N) is 1. The molecule has 1 aromatic heterocycles. The third-order valence-electron chi connectivity index (χ3n) is 5.31. The number of hydrogen-bond donors (Lipinski definition) is 2. The van der Waals surface area contributed by atoms with Gasteiger partial charge in [0.25, 0.3) is 0 Å². The number of aromatic nitrogens is 1. The SMILES string of the molecule is O=C(O)N[C@H]1C[C@H]2CC[C@@H](C1)N2c1ccc(C(=O)C2CC2)cn1. The van der Waals surface area contributed by atoms with Crippen LogP contribution in [0.1, 0.15) is 48.9 Å². The molecule has 1 saturated carbocycles. The fourth-order valence-corrected chi connectivity index (χ4v) is 4.11. The number of piperidine rings is 1. The van der Waals surface area contributed by atoms with Crippen LogP contribution in [0.3, 0.4) is 0 Å². The van der Waals surface area contributed by atoms with Gasteiger partial charge in [-0.1, -0.05) is 0 Å². The minimum absolute atomic E-state index is 0.0389. The van der Waals surface area contributed by atoms with Gasteiger partial charge in [0.05, 0.1) is 0 Å². The Kier molecular flexibility index (Phi) is 3.47. The lowest BCUT2D eigenvalue weighted by atomic mass is 9.97. The van der Waals surface area contributed by atoms with Gasteiger partial charge in [-0.15, -0.1) is 0 Å². The quantitative estimate of drug-likeness (QED) is 0.834. The molecule has 3 atom stereocenters. The van der Waals surface area contributed by atoms with Gasteiger partial charge in [0.2, 0.25) is 0 Å². The Morgan fingerprint density at radius 3 is 2.35 bits per heavy atom. The summed E-state index contributed by atoms with van der Waals surface area (Å²) in [7, 11) is 0. The van der Waals surface area contributed by atoms with E-state index in [0.29, 0.717) is 17.6 Å². The molecule has 2 N–H and O–H groups in total. The van der Waals surface area contributed by atoms with E-state index in [-0.39, 0.29) is 17.7 Å². The molecule has 0 radical (unpaired) electrons. The molecule has 1 aromatic rings. The van der Waals surface area contributed by atoms with Crippen molar-refractivity contribution in [1.82, 2.24) is 10.3 Å². The van der Waals surface area contributed by atoms with E-state index >= 15 is 0 Å². The van der Waals surface area contributed by atoms with Crippen LogP contribution < -0.4 is 10.2 Å². The minimum Gasteiger partial charge on any atom is -0.465 e. The van der Waals surface area contributed by atoms with Gasteiger partial charge in [0, 0.05) is 35.8 Å². The zero-order chi connectivity index (χ0) is 16.0. The fraction of sp³-hybridized carbons (Fsp3) is 0.588. The Morgan fingerprint density at radius 1 is 1.13 bits per heavy atom. The van der Waals surface area contributed by atoms with Crippen molar-refractivity contribution in [3.8, 4) is 0 Å². The lowest BCUT2D eigenvalue weighted by Crippen LogP contribution is -2.50. The van der Waals surface area contributed by atoms with E-state index in [2.05, 4.69) is 15.2 Å². The van der Waals surface area contributed by atoms with Crippen LogP contribution in [0.25, 0.3) is 0 Å². The monoisotopic (exact) mass is 315 g/mol. The van der Waals surface area contributed by atoms with Crippen LogP contribution in [0.15, 0.2) is 18.3 Å². The van der Waals surface area contributed by atoms with Crippen LogP contribution >= 0.6 is 0 Å². The van der Waals surface area contributed by atoms with Crippen molar-refractivity contribution in [2.24, 2.45) is 5.92 Å². The van der Waals surface area contributed by atoms with E-state index in [0.717, 1.165) is 44.3 Å². The number of carboxylic acid groups (broad SMARTS) is 1. The van der Waals surface area contributed by atoms with Gasteiger partial charge in [-0.05, 0) is 50.7 Å². The van der Waals surface area contributed by atoms with Crippen LogP contribution in [0.4, 0.5) is 10.6 Å². The van der Waals surface area contributed by atoms with Crippen molar-refractivity contribution in [3.05, 3.63) is 23.9 Å². The third kappa shape index (κ3) is 2.78. The van der Waals surface area contributed by atoms with E-state index in [1.54, 1.807) is 6.20 Å². The number of fused-ring (bicyclic) bond motifs is 2. The van der Waals surface area contributed by atoms with E-state index in [9.17, 15) is 9.59 Å². The lowest BCUT2D eigenvalue weighted by molar-refractivity contribution is 0.0967. The molecule has 1 aliphatic carbocycles. The van der Waals surface area contributed by atoms with Crippen molar-refractivity contribution >= 4 is 17.7 Å². The summed E-state index contributed by atoms with van der Waals surface area (Å²) in [6.45, 7) is 0. The molecule has 0 aromatic carbocycles. The second-order valence-electron chi connectivity index (χ2n) is 6.95. The van der Waals surface area contributed by atoms with Crippen LogP contribution in [-0.2, 0) is 0 Å². The van der Waals surface area contributed by atoms with Gasteiger partial charge in [-0.2, -0.15) is 0 Å². The number of amides is 1. The Hall–Kier alpha value is -2.11. The number of carbonyl (C=O) groups excluding carboxylic acids is 1. The van der Waals surface area contributed by atoms with Crippen LogP contribution in [0, 0.1) is 5.92 Å². The average molecular weight is 315 g/mol. The molecule has 2 bridgehead atoms. The van der Waals surface area contributed by atoms with Gasteiger partial charge in [0.1, 0.15) is 5.82 Å². The predicted molar refractivity (Wildman–Crippen MR) is 84.8 cm³/mol. The van der Waals surface area contributed by atoms with Gasteiger partial charge in [-0.3, -0.25) is 4.79 Å². The molecular weight excluding hydrogens is 294 g/mol. The molecule has 0 unspecified atom stereocenters. The molecular formula is C17H21N3O3. The summed E-state index contributed by atoms with van der Waals surface area (Å²) in [6.07, 6.45) is 6.59. The fourth-order valence-electron chi connectivity index (χ4n) is 4.11. The van der Waals surface area contributed by atoms with Crippen molar-refractivity contribution in [3.63, 3.8) is 0 Å². The molecule has 3 fully saturated rings. The average Bonchev–Trinajstić information content (AvgIpc) is 3.32. The summed E-state index contributed by atoms with van der Waals surface area (Å²) in [5.74, 6) is 1.35. The second-order valence-corrected chi connectivity index (χ2v) is 6.95. The summed E-state index contributed by atoms with van der Waals surface area (Å²) in [4.78, 5) is 29.8. The number of Topliss-reactive ketones (excluding diaryl/α,β-unsaturated/α-hetero) is 1. The van der Waals surface area contributed by atoms with Crippen LogP contribution in [-0.4, -0.2) is 40.1 Å². The standard InChI is InChI=1S/C17H21N3O3/c21-16(10-1-2-10)11-3-6-15(18-9-11)20-13-4-5-14(20)8-12(7-13)19-17(22)23/h3,6,9-10,12-14,19H,1-2,4-5,7-8H2,(H,22,23)/t12-,13+,14-. The third-order valence-corrected chi connectivity index (χ3v) is 5.31. The molecule has 0 spiro atoms. The first-order valence-electron chi connectivity index (χ1n) is 8.40. The molecule has 2 aliphatic heterocycles. The zero-order valence-corrected chi connectivity index (χ0v) is 12.9. The Bertz CT molecular complexity index is 612. The number of rotatable bonds is 4. The first kappa shape index (κ1) is 14.5. The molecule has 3 aliphatic rings. The number of hydrogen-bond acceptors (Lipinski definition) is 4. The zero-order valence-electron chi connectivity index (χ0n) is 12.9. The molecule has 3 heterocycles. The highest BCUT2D eigenvalue weighted by Gasteiger charge is 2.41. The Labute approximate surface area is 134 Å². The molecule has 1 amide bonds. The van der Waals surface area contributed by atoms with Gasteiger partial charge >= 0.3 is 6.09 Å². The summed E-state index contributed by atoms with van der Waals surface area (Å²) in [6, 6.07) is 4.55. The highest BCUT2D eigenvalue weighted by atomic mass is 16.4. The Balaban J connectivity index is 1.48. The molecule has 6 nitrogen and oxygen atoms in total. The molecule has 6 heteroatoms. The minimum atomic E-state index is -0.941. The molecule has 4 rings (SSSR count). The highest BCUT2D eigenvalue weighted by Crippen LogP contribution is 2.39. The van der Waals surface area contributed by atoms with Crippen molar-refractivity contribution in [2.75, 3.05) is 4.90 Å². The van der Waals surface area contributed by atoms with Crippen molar-refractivity contribution < 1.29 is 14.7 Å². The predicted octanol–water partition coefficient (Wildman–Crippen LogP) is 2.44. The molecule has 2 saturated heterocycles. The number of carbonyl (C=O) groups is 2. The first-order valence-corrected chi connectivity index (χ1v) is 8.40. The smallest absolute Gasteiger partial charge is 0.404 e. The summed E-state index contributed by atoms with van der Waals surface area (Å²) < 4.78 is 0. The molecule has 122 valence electrons. The van der Waals surface area contributed by atoms with Crippen molar-refractivity contribution in [2.45, 2.75) is 56.7 Å². The molecule has 23 heavy (non-hydrogen) atoms. The maximum Gasteiger partial charge on any atom is 0.404 e. The van der Waals surface area contributed by atoms with E-state index in [4.69, 9.17) is 5.11 Å². The van der Waals surface area contributed by atoms with Crippen molar-refractivity contribution in [1.29, 1.82) is 0 Å². The largest absolute Gasteiger partial charge is 0.465 e. The number of pyridine rings is 1. The number of ketones is 1. The summed E-state index contributed by atoms with van der Waals surface area (Å²) in [5, 5.41) is 11.5. The highest BCUT2D eigenvalue weighted by molar-refractivity contribution is 5.99. The Morgan fingerprint density at radius 2 is 1.83 bits per heavy atom. The van der Waals surface area contributed by atoms with E-state index in [1.165, 1.54) is 0 Å². The maximum absolute atomic E-state index is 12.1. The number of nitrogens with zero attached hydrogens (tertiary/aromatic N) is 2. The first-order chi connectivity index (χ1) is 11.1. The maximum atomic E-state index is 12.1. The van der Waals surface area contributed by atoms with Crippen LogP contribution in [0.5, 0.6) is 0 Å². The second kappa shape index (κ2) is 5.51. The van der Waals surface area contributed by atoms with Crippen LogP contribution in [0.2, 0.25) is 0 Å². The lowest BCUT2D eigenvalue weighted by Gasteiger charge is -2.39. The normalized spacial score (nSPS) is 29.4. The summed E-state index contributed by atoms with van der Waals surface area (Å²) >= 11 is 0. The van der Waals surface area contributed by atoms with E-state index in [1.807, 2.05) is 12.1 Å². The number of anilines is 1. The summed E-state index contributed by atoms with van der Waals surface area (Å²) in [5.41, 5.74) is 0.714.